The zero-order valence-electron chi connectivity index (χ0n) is 11.6. The standard InChI is InChI=1S/C14H13ClN4O2/c1-9-11(14(15)17(2)16-9)8-18-7-6-10-12(18)4-3-5-13(10)19(20)21/h3-7H,8H2,1-2H3. The van der Waals surface area contributed by atoms with Crippen LogP contribution in [-0.2, 0) is 13.6 Å². The Balaban J connectivity index is 2.10. The Hall–Kier alpha value is -2.34. The van der Waals surface area contributed by atoms with Crippen molar-refractivity contribution in [3.05, 3.63) is 57.0 Å². The molecule has 3 rings (SSSR count). The molecule has 0 saturated carbocycles. The Morgan fingerprint density at radius 1 is 1.38 bits per heavy atom. The molecule has 108 valence electrons. The number of halogens is 1. The summed E-state index contributed by atoms with van der Waals surface area (Å²) in [5.74, 6) is 0. The van der Waals surface area contributed by atoms with Crippen molar-refractivity contribution in [3.8, 4) is 0 Å². The lowest BCUT2D eigenvalue weighted by molar-refractivity contribution is -0.383. The van der Waals surface area contributed by atoms with Gasteiger partial charge in [-0.1, -0.05) is 17.7 Å². The van der Waals surface area contributed by atoms with Crippen LogP contribution in [0.1, 0.15) is 11.3 Å². The Bertz CT molecular complexity index is 850. The first-order valence-corrected chi connectivity index (χ1v) is 6.77. The fourth-order valence-electron chi connectivity index (χ4n) is 2.53. The molecule has 0 aliphatic carbocycles. The zero-order valence-corrected chi connectivity index (χ0v) is 12.3. The van der Waals surface area contributed by atoms with Gasteiger partial charge in [0.25, 0.3) is 5.69 Å². The summed E-state index contributed by atoms with van der Waals surface area (Å²) in [6.45, 7) is 2.43. The van der Waals surface area contributed by atoms with Crippen molar-refractivity contribution in [2.75, 3.05) is 0 Å². The number of hydrogen-bond acceptors (Lipinski definition) is 3. The van der Waals surface area contributed by atoms with E-state index in [-0.39, 0.29) is 10.6 Å². The summed E-state index contributed by atoms with van der Waals surface area (Å²) < 4.78 is 3.57. The van der Waals surface area contributed by atoms with Crippen LogP contribution in [0.4, 0.5) is 5.69 Å². The van der Waals surface area contributed by atoms with Gasteiger partial charge in [-0.15, -0.1) is 0 Å². The molecule has 1 aromatic carbocycles. The number of non-ortho nitro benzene ring substituents is 1. The molecule has 3 aromatic rings. The van der Waals surface area contributed by atoms with Gasteiger partial charge in [-0.25, -0.2) is 0 Å². The topological polar surface area (TPSA) is 65.9 Å². The predicted octanol–water partition coefficient (Wildman–Crippen LogP) is 3.29. The van der Waals surface area contributed by atoms with Crippen molar-refractivity contribution >= 4 is 28.2 Å². The van der Waals surface area contributed by atoms with E-state index in [2.05, 4.69) is 5.10 Å². The second kappa shape index (κ2) is 4.89. The van der Waals surface area contributed by atoms with Crippen molar-refractivity contribution in [1.29, 1.82) is 0 Å². The third kappa shape index (κ3) is 2.17. The van der Waals surface area contributed by atoms with Crippen LogP contribution in [0, 0.1) is 17.0 Å². The van der Waals surface area contributed by atoms with Crippen molar-refractivity contribution in [3.63, 3.8) is 0 Å². The number of aromatic nitrogens is 3. The molecule has 21 heavy (non-hydrogen) atoms. The highest BCUT2D eigenvalue weighted by Gasteiger charge is 2.16. The largest absolute Gasteiger partial charge is 0.343 e. The fourth-order valence-corrected chi connectivity index (χ4v) is 2.76. The zero-order chi connectivity index (χ0) is 15.1. The third-order valence-electron chi connectivity index (χ3n) is 3.59. The van der Waals surface area contributed by atoms with Crippen LogP contribution in [0.15, 0.2) is 30.5 Å². The minimum Gasteiger partial charge on any atom is -0.343 e. The normalized spacial score (nSPS) is 11.2. The maximum Gasteiger partial charge on any atom is 0.278 e. The van der Waals surface area contributed by atoms with Crippen molar-refractivity contribution < 1.29 is 4.92 Å². The van der Waals surface area contributed by atoms with Crippen LogP contribution in [0.5, 0.6) is 0 Å². The Morgan fingerprint density at radius 2 is 2.14 bits per heavy atom. The lowest BCUT2D eigenvalue weighted by Gasteiger charge is -2.05. The summed E-state index contributed by atoms with van der Waals surface area (Å²) in [6, 6.07) is 6.82. The number of nitro groups is 1. The van der Waals surface area contributed by atoms with Crippen molar-refractivity contribution in [2.45, 2.75) is 13.5 Å². The minimum absolute atomic E-state index is 0.111. The number of hydrogen-bond donors (Lipinski definition) is 0. The maximum atomic E-state index is 11.1. The molecule has 6 nitrogen and oxygen atoms in total. The molecule has 0 saturated heterocycles. The highest BCUT2D eigenvalue weighted by Crippen LogP contribution is 2.28. The quantitative estimate of drug-likeness (QED) is 0.551. The summed E-state index contributed by atoms with van der Waals surface area (Å²) in [5, 5.41) is 16.5. The molecular weight excluding hydrogens is 292 g/mol. The first-order chi connectivity index (χ1) is 9.99. The van der Waals surface area contributed by atoms with E-state index >= 15 is 0 Å². The summed E-state index contributed by atoms with van der Waals surface area (Å²) >= 11 is 6.24. The summed E-state index contributed by atoms with van der Waals surface area (Å²) in [5.41, 5.74) is 2.70. The van der Waals surface area contributed by atoms with Crippen molar-refractivity contribution in [2.24, 2.45) is 7.05 Å². The van der Waals surface area contributed by atoms with Gasteiger partial charge in [0.2, 0.25) is 0 Å². The second-order valence-electron chi connectivity index (χ2n) is 4.89. The molecule has 7 heteroatoms. The van der Waals surface area contributed by atoms with E-state index in [1.54, 1.807) is 23.9 Å². The second-order valence-corrected chi connectivity index (χ2v) is 5.25. The van der Waals surface area contributed by atoms with Gasteiger partial charge in [-0.2, -0.15) is 5.10 Å². The maximum absolute atomic E-state index is 11.1. The van der Waals surface area contributed by atoms with E-state index in [9.17, 15) is 10.1 Å². The molecule has 0 spiro atoms. The lowest BCUT2D eigenvalue weighted by atomic mass is 10.2. The van der Waals surface area contributed by atoms with Crippen LogP contribution in [0.3, 0.4) is 0 Å². The molecular formula is C14H13ClN4O2. The van der Waals surface area contributed by atoms with Gasteiger partial charge in [0.15, 0.2) is 0 Å². The average Bonchev–Trinajstić information content (AvgIpc) is 2.95. The molecule has 0 fully saturated rings. The van der Waals surface area contributed by atoms with Crippen LogP contribution in [0.2, 0.25) is 5.15 Å². The molecule has 2 aromatic heterocycles. The van der Waals surface area contributed by atoms with E-state index in [0.717, 1.165) is 16.8 Å². The number of nitro benzene ring substituents is 1. The number of rotatable bonds is 3. The number of benzene rings is 1. The number of nitrogens with zero attached hydrogens (tertiary/aromatic N) is 4. The first-order valence-electron chi connectivity index (χ1n) is 6.39. The van der Waals surface area contributed by atoms with Gasteiger partial charge in [0, 0.05) is 24.9 Å². The molecule has 0 amide bonds. The van der Waals surface area contributed by atoms with E-state index in [4.69, 9.17) is 11.6 Å². The highest BCUT2D eigenvalue weighted by molar-refractivity contribution is 6.30. The third-order valence-corrected chi connectivity index (χ3v) is 4.06. The van der Waals surface area contributed by atoms with Gasteiger partial charge in [-0.3, -0.25) is 14.8 Å². The average molecular weight is 305 g/mol. The molecule has 2 heterocycles. The molecule has 0 radical (unpaired) electrons. The predicted molar refractivity (Wildman–Crippen MR) is 80.6 cm³/mol. The van der Waals surface area contributed by atoms with Gasteiger partial charge < -0.3 is 4.57 Å². The highest BCUT2D eigenvalue weighted by atomic mass is 35.5. The van der Waals surface area contributed by atoms with Gasteiger partial charge in [0.05, 0.1) is 28.1 Å². The summed E-state index contributed by atoms with van der Waals surface area (Å²) in [7, 11) is 1.79. The van der Waals surface area contributed by atoms with Gasteiger partial charge in [0.1, 0.15) is 5.15 Å². The monoisotopic (exact) mass is 304 g/mol. The molecule has 0 aliphatic rings. The van der Waals surface area contributed by atoms with Crippen molar-refractivity contribution in [1.82, 2.24) is 14.3 Å². The van der Waals surface area contributed by atoms with E-state index in [1.165, 1.54) is 6.07 Å². The van der Waals surface area contributed by atoms with Crippen LogP contribution < -0.4 is 0 Å². The number of fused-ring (bicyclic) bond motifs is 1. The van der Waals surface area contributed by atoms with Gasteiger partial charge >= 0.3 is 0 Å². The Morgan fingerprint density at radius 3 is 2.76 bits per heavy atom. The Kier molecular flexibility index (Phi) is 3.17. The SMILES string of the molecule is Cc1nn(C)c(Cl)c1Cn1ccc2c([N+](=O)[O-])cccc21. The first kappa shape index (κ1) is 13.6. The minimum atomic E-state index is -0.366. The van der Waals surface area contributed by atoms with E-state index in [1.807, 2.05) is 23.8 Å². The molecule has 0 N–H and O–H groups in total. The lowest BCUT2D eigenvalue weighted by Crippen LogP contribution is -1.99. The molecule has 0 unspecified atom stereocenters. The summed E-state index contributed by atoms with van der Waals surface area (Å²) in [4.78, 5) is 10.7. The van der Waals surface area contributed by atoms with E-state index in [0.29, 0.717) is 17.1 Å². The summed E-state index contributed by atoms with van der Waals surface area (Å²) in [6.07, 6.45) is 1.83. The number of aryl methyl sites for hydroxylation is 2. The van der Waals surface area contributed by atoms with Crippen LogP contribution >= 0.6 is 11.6 Å². The smallest absolute Gasteiger partial charge is 0.278 e. The van der Waals surface area contributed by atoms with E-state index < -0.39 is 0 Å². The molecule has 0 bridgehead atoms. The van der Waals surface area contributed by atoms with Crippen LogP contribution in [0.25, 0.3) is 10.9 Å². The molecule has 0 aliphatic heterocycles. The fraction of sp³-hybridized carbons (Fsp3) is 0.214. The van der Waals surface area contributed by atoms with Gasteiger partial charge in [-0.05, 0) is 19.1 Å². The Labute approximate surface area is 125 Å². The van der Waals surface area contributed by atoms with Crippen LogP contribution in [-0.4, -0.2) is 19.3 Å². The molecule has 0 atom stereocenters.